The van der Waals surface area contributed by atoms with Crippen molar-refractivity contribution in [2.45, 2.75) is 13.3 Å². The zero-order chi connectivity index (χ0) is 14.9. The highest BCUT2D eigenvalue weighted by Gasteiger charge is 2.03. The predicted molar refractivity (Wildman–Crippen MR) is 85.8 cm³/mol. The van der Waals surface area contributed by atoms with Crippen LogP contribution in [0.3, 0.4) is 0 Å². The van der Waals surface area contributed by atoms with Crippen molar-refractivity contribution in [3.8, 4) is 5.75 Å². The lowest BCUT2D eigenvalue weighted by Crippen LogP contribution is -2.20. The van der Waals surface area contributed by atoms with Gasteiger partial charge in [0.15, 0.2) is 6.61 Å². The van der Waals surface area contributed by atoms with Crippen LogP contribution in [0.5, 0.6) is 5.75 Å². The van der Waals surface area contributed by atoms with Crippen molar-refractivity contribution in [1.29, 1.82) is 0 Å². The van der Waals surface area contributed by atoms with Gasteiger partial charge >= 0.3 is 0 Å². The normalized spacial score (nSPS) is 9.95. The van der Waals surface area contributed by atoms with Crippen LogP contribution in [0, 0.1) is 0 Å². The van der Waals surface area contributed by atoms with E-state index in [0.29, 0.717) is 5.75 Å². The molecule has 1 amide bonds. The Morgan fingerprint density at radius 3 is 2.33 bits per heavy atom. The molecule has 0 fully saturated rings. The molecule has 0 saturated carbocycles. The van der Waals surface area contributed by atoms with Crippen molar-refractivity contribution in [3.05, 3.63) is 54.6 Å². The lowest BCUT2D eigenvalue weighted by molar-refractivity contribution is -0.118. The average molecular weight is 284 g/mol. The highest BCUT2D eigenvalue weighted by molar-refractivity contribution is 5.92. The van der Waals surface area contributed by atoms with E-state index in [9.17, 15) is 4.79 Å². The number of amides is 1. The van der Waals surface area contributed by atoms with Crippen LogP contribution in [-0.4, -0.2) is 19.1 Å². The monoisotopic (exact) mass is 284 g/mol. The van der Waals surface area contributed by atoms with Crippen molar-refractivity contribution >= 4 is 17.3 Å². The van der Waals surface area contributed by atoms with Crippen molar-refractivity contribution in [1.82, 2.24) is 0 Å². The summed E-state index contributed by atoms with van der Waals surface area (Å²) in [7, 11) is 0. The third-order valence-electron chi connectivity index (χ3n) is 2.86. The number of para-hydroxylation sites is 1. The van der Waals surface area contributed by atoms with Crippen LogP contribution in [0.2, 0.25) is 0 Å². The molecule has 2 rings (SSSR count). The first-order valence-electron chi connectivity index (χ1n) is 7.09. The summed E-state index contributed by atoms with van der Waals surface area (Å²) in [5.74, 6) is 0.514. The molecule has 0 unspecified atom stereocenters. The van der Waals surface area contributed by atoms with Gasteiger partial charge in [0, 0.05) is 17.9 Å². The van der Waals surface area contributed by atoms with E-state index in [1.165, 1.54) is 0 Å². The van der Waals surface area contributed by atoms with Gasteiger partial charge in [-0.1, -0.05) is 25.1 Å². The Morgan fingerprint density at radius 2 is 1.67 bits per heavy atom. The second kappa shape index (κ2) is 7.94. The van der Waals surface area contributed by atoms with Crippen LogP contribution in [0.4, 0.5) is 11.4 Å². The SMILES string of the molecule is CCCNc1ccc(NC(=O)COc2ccccc2)cc1. The molecule has 0 aliphatic rings. The number of nitrogens with one attached hydrogen (secondary N) is 2. The molecule has 0 aromatic heterocycles. The molecule has 0 saturated heterocycles. The number of anilines is 2. The first-order chi connectivity index (χ1) is 10.3. The summed E-state index contributed by atoms with van der Waals surface area (Å²) in [5, 5.41) is 6.09. The number of ether oxygens (including phenoxy) is 1. The minimum atomic E-state index is -0.173. The second-order valence-corrected chi connectivity index (χ2v) is 4.65. The first-order valence-corrected chi connectivity index (χ1v) is 7.09. The van der Waals surface area contributed by atoms with Crippen molar-refractivity contribution in [3.63, 3.8) is 0 Å². The van der Waals surface area contributed by atoms with Crippen molar-refractivity contribution in [2.24, 2.45) is 0 Å². The van der Waals surface area contributed by atoms with E-state index in [1.807, 2.05) is 54.6 Å². The summed E-state index contributed by atoms with van der Waals surface area (Å²) >= 11 is 0. The summed E-state index contributed by atoms with van der Waals surface area (Å²) in [6.45, 7) is 3.06. The van der Waals surface area contributed by atoms with Gasteiger partial charge < -0.3 is 15.4 Å². The molecule has 0 bridgehead atoms. The Balaban J connectivity index is 1.79. The fourth-order valence-corrected chi connectivity index (χ4v) is 1.80. The van der Waals surface area contributed by atoms with Crippen LogP contribution >= 0.6 is 0 Å². The molecule has 0 aliphatic carbocycles. The zero-order valence-corrected chi connectivity index (χ0v) is 12.1. The van der Waals surface area contributed by atoms with E-state index < -0.39 is 0 Å². The minimum Gasteiger partial charge on any atom is -0.484 e. The smallest absolute Gasteiger partial charge is 0.262 e. The second-order valence-electron chi connectivity index (χ2n) is 4.65. The molecule has 2 aromatic rings. The topological polar surface area (TPSA) is 50.4 Å². The maximum Gasteiger partial charge on any atom is 0.262 e. The van der Waals surface area contributed by atoms with E-state index in [2.05, 4.69) is 17.6 Å². The Bertz CT molecular complexity index is 553. The summed E-state index contributed by atoms with van der Waals surface area (Å²) < 4.78 is 5.39. The maximum atomic E-state index is 11.8. The first kappa shape index (κ1) is 14.9. The number of carbonyl (C=O) groups is 1. The maximum absolute atomic E-state index is 11.8. The molecule has 0 spiro atoms. The van der Waals surface area contributed by atoms with E-state index in [-0.39, 0.29) is 12.5 Å². The van der Waals surface area contributed by atoms with Gasteiger partial charge in [-0.05, 0) is 42.8 Å². The molecule has 0 aliphatic heterocycles. The molecule has 2 aromatic carbocycles. The molecule has 21 heavy (non-hydrogen) atoms. The Kier molecular flexibility index (Phi) is 5.64. The van der Waals surface area contributed by atoms with E-state index in [0.717, 1.165) is 24.3 Å². The highest BCUT2D eigenvalue weighted by atomic mass is 16.5. The molecule has 0 heterocycles. The van der Waals surface area contributed by atoms with Crippen molar-refractivity contribution < 1.29 is 9.53 Å². The predicted octanol–water partition coefficient (Wildman–Crippen LogP) is 3.53. The number of hydrogen-bond donors (Lipinski definition) is 2. The molecular formula is C17H20N2O2. The number of benzene rings is 2. The quantitative estimate of drug-likeness (QED) is 0.818. The number of rotatable bonds is 7. The number of carbonyl (C=O) groups excluding carboxylic acids is 1. The van der Waals surface area contributed by atoms with E-state index in [1.54, 1.807) is 0 Å². The molecule has 0 radical (unpaired) electrons. The molecule has 110 valence electrons. The highest BCUT2D eigenvalue weighted by Crippen LogP contribution is 2.14. The minimum absolute atomic E-state index is 0.000149. The lowest BCUT2D eigenvalue weighted by Gasteiger charge is -2.09. The van der Waals surface area contributed by atoms with Crippen molar-refractivity contribution in [2.75, 3.05) is 23.8 Å². The van der Waals surface area contributed by atoms with Gasteiger partial charge in [-0.15, -0.1) is 0 Å². The van der Waals surface area contributed by atoms with Gasteiger partial charge in [0.2, 0.25) is 0 Å². The fourth-order valence-electron chi connectivity index (χ4n) is 1.80. The van der Waals surface area contributed by atoms with Gasteiger partial charge in [0.25, 0.3) is 5.91 Å². The van der Waals surface area contributed by atoms with Gasteiger partial charge in [-0.2, -0.15) is 0 Å². The largest absolute Gasteiger partial charge is 0.484 e. The number of hydrogen-bond acceptors (Lipinski definition) is 3. The zero-order valence-electron chi connectivity index (χ0n) is 12.1. The Morgan fingerprint density at radius 1 is 1.00 bits per heavy atom. The fraction of sp³-hybridized carbons (Fsp3) is 0.235. The van der Waals surface area contributed by atoms with Gasteiger partial charge in [-0.3, -0.25) is 4.79 Å². The Hall–Kier alpha value is -2.49. The standard InChI is InChI=1S/C17H20N2O2/c1-2-12-18-14-8-10-15(11-9-14)19-17(20)13-21-16-6-4-3-5-7-16/h3-11,18H,2,12-13H2,1H3,(H,19,20). The molecule has 4 heteroatoms. The van der Waals surface area contributed by atoms with Gasteiger partial charge in [-0.25, -0.2) is 0 Å². The van der Waals surface area contributed by atoms with E-state index in [4.69, 9.17) is 4.74 Å². The summed E-state index contributed by atoms with van der Waals surface area (Å²) in [6, 6.07) is 16.9. The van der Waals surface area contributed by atoms with Gasteiger partial charge in [0.1, 0.15) is 5.75 Å². The summed E-state index contributed by atoms with van der Waals surface area (Å²) in [4.78, 5) is 11.8. The van der Waals surface area contributed by atoms with E-state index >= 15 is 0 Å². The third kappa shape index (κ3) is 5.18. The molecule has 0 atom stereocenters. The van der Waals surface area contributed by atoms with Gasteiger partial charge in [0.05, 0.1) is 0 Å². The lowest BCUT2D eigenvalue weighted by atomic mass is 10.2. The third-order valence-corrected chi connectivity index (χ3v) is 2.86. The average Bonchev–Trinajstić information content (AvgIpc) is 2.53. The summed E-state index contributed by atoms with van der Waals surface area (Å²) in [6.07, 6.45) is 1.08. The van der Waals surface area contributed by atoms with Crippen LogP contribution in [-0.2, 0) is 4.79 Å². The molecule has 2 N–H and O–H groups in total. The van der Waals surface area contributed by atoms with Crippen LogP contribution in [0.25, 0.3) is 0 Å². The van der Waals surface area contributed by atoms with Crippen LogP contribution in [0.15, 0.2) is 54.6 Å². The molecule has 4 nitrogen and oxygen atoms in total. The Labute approximate surface area is 125 Å². The summed E-state index contributed by atoms with van der Waals surface area (Å²) in [5.41, 5.74) is 1.81. The van der Waals surface area contributed by atoms with Crippen LogP contribution < -0.4 is 15.4 Å². The molecular weight excluding hydrogens is 264 g/mol. The van der Waals surface area contributed by atoms with Crippen LogP contribution in [0.1, 0.15) is 13.3 Å².